The number of nitrogens with one attached hydrogen (secondary N) is 2. The van der Waals surface area contributed by atoms with Gasteiger partial charge in [-0.25, -0.2) is 16.8 Å². The highest BCUT2D eigenvalue weighted by Crippen LogP contribution is 2.24. The van der Waals surface area contributed by atoms with E-state index in [9.17, 15) is 21.6 Å². The zero-order chi connectivity index (χ0) is 28.0. The van der Waals surface area contributed by atoms with Gasteiger partial charge >= 0.3 is 0 Å². The molecular formula is C28H28ClN3O5S2. The molecule has 3 aromatic rings. The van der Waals surface area contributed by atoms with Gasteiger partial charge in [-0.3, -0.25) is 14.5 Å². The molecule has 2 atom stereocenters. The number of hydrogen-bond donors (Lipinski definition) is 2. The SMILES string of the molecule is CCC[C@@H](/C=C/S(=O)(=O)c1ccccc1)NC(=O)[C@@H](Cc1ccccc1Cl)N=C1NS(=O)(=O)c2ccccc21. The van der Waals surface area contributed by atoms with Gasteiger partial charge in [0.15, 0.2) is 9.84 Å². The first-order valence-corrected chi connectivity index (χ1v) is 15.7. The minimum atomic E-state index is -3.81. The van der Waals surface area contributed by atoms with E-state index in [2.05, 4.69) is 15.0 Å². The van der Waals surface area contributed by atoms with Crippen molar-refractivity contribution in [1.29, 1.82) is 0 Å². The second-order valence-electron chi connectivity index (χ2n) is 8.98. The number of fused-ring (bicyclic) bond motifs is 1. The minimum Gasteiger partial charge on any atom is -0.348 e. The summed E-state index contributed by atoms with van der Waals surface area (Å²) in [5, 5.41) is 4.43. The van der Waals surface area contributed by atoms with Crippen molar-refractivity contribution in [3.63, 3.8) is 0 Å². The maximum atomic E-state index is 13.6. The zero-order valence-corrected chi connectivity index (χ0v) is 23.5. The van der Waals surface area contributed by atoms with Crippen molar-refractivity contribution in [2.75, 3.05) is 0 Å². The third-order valence-corrected chi connectivity index (χ3v) is 9.32. The number of aliphatic imine (C=N–C) groups is 1. The lowest BCUT2D eigenvalue weighted by Crippen LogP contribution is -2.42. The van der Waals surface area contributed by atoms with Crippen LogP contribution in [0.2, 0.25) is 5.02 Å². The highest BCUT2D eigenvalue weighted by Gasteiger charge is 2.32. The maximum Gasteiger partial charge on any atom is 0.263 e. The van der Waals surface area contributed by atoms with Crippen molar-refractivity contribution in [1.82, 2.24) is 10.0 Å². The second kappa shape index (κ2) is 12.1. The molecule has 2 N–H and O–H groups in total. The topological polar surface area (TPSA) is 122 Å². The fraction of sp³-hybridized carbons (Fsp3) is 0.214. The Labute approximate surface area is 233 Å². The quantitative estimate of drug-likeness (QED) is 0.368. The molecule has 39 heavy (non-hydrogen) atoms. The van der Waals surface area contributed by atoms with Gasteiger partial charge in [0, 0.05) is 28.5 Å². The lowest BCUT2D eigenvalue weighted by atomic mass is 10.0. The number of nitrogens with zero attached hydrogens (tertiary/aromatic N) is 1. The molecule has 0 aliphatic carbocycles. The summed E-state index contributed by atoms with van der Waals surface area (Å²) in [6.07, 6.45) is 2.72. The van der Waals surface area contributed by atoms with Crippen molar-refractivity contribution in [3.05, 3.63) is 106 Å². The highest BCUT2D eigenvalue weighted by atomic mass is 35.5. The number of sulfonamides is 1. The van der Waals surface area contributed by atoms with Crippen LogP contribution in [0.15, 0.2) is 105 Å². The molecule has 0 aromatic heterocycles. The lowest BCUT2D eigenvalue weighted by Gasteiger charge is -2.19. The lowest BCUT2D eigenvalue weighted by molar-refractivity contribution is -0.122. The Bertz CT molecular complexity index is 1620. The van der Waals surface area contributed by atoms with Gasteiger partial charge in [0.25, 0.3) is 10.0 Å². The molecule has 0 saturated heterocycles. The minimum absolute atomic E-state index is 0.0621. The van der Waals surface area contributed by atoms with E-state index in [-0.39, 0.29) is 22.0 Å². The first-order valence-electron chi connectivity index (χ1n) is 12.3. The average Bonchev–Trinajstić information content (AvgIpc) is 3.18. The third kappa shape index (κ3) is 6.95. The summed E-state index contributed by atoms with van der Waals surface area (Å²) >= 11 is 6.36. The number of benzene rings is 3. The zero-order valence-electron chi connectivity index (χ0n) is 21.1. The summed E-state index contributed by atoms with van der Waals surface area (Å²) in [5.74, 6) is -0.432. The Morgan fingerprint density at radius 2 is 1.69 bits per heavy atom. The number of rotatable bonds is 10. The van der Waals surface area contributed by atoms with E-state index in [1.54, 1.807) is 60.7 Å². The number of halogens is 1. The number of amides is 1. The van der Waals surface area contributed by atoms with Crippen LogP contribution in [0, 0.1) is 0 Å². The van der Waals surface area contributed by atoms with Crippen molar-refractivity contribution < 1.29 is 21.6 Å². The fourth-order valence-electron chi connectivity index (χ4n) is 4.15. The molecule has 1 heterocycles. The molecule has 0 unspecified atom stereocenters. The standard InChI is InChI=1S/C28H28ClN3O5S2/c1-2-10-21(17-18-38(34,35)22-12-4-3-5-13-22)30-28(33)25(19-20-11-6-8-15-24(20)29)31-27-23-14-7-9-16-26(23)39(36,37)32-27/h3-9,11-18,21,25H,2,10,19H2,1H3,(H,30,33)(H,31,32)/b18-17+/t21-,25+/m0/s1. The smallest absolute Gasteiger partial charge is 0.263 e. The first kappa shape index (κ1) is 28.5. The highest BCUT2D eigenvalue weighted by molar-refractivity contribution is 7.94. The van der Waals surface area contributed by atoms with Crippen LogP contribution in [0.25, 0.3) is 0 Å². The molecule has 0 spiro atoms. The molecule has 0 bridgehead atoms. The molecule has 1 aliphatic rings. The van der Waals surface area contributed by atoms with Crippen LogP contribution >= 0.6 is 11.6 Å². The van der Waals surface area contributed by atoms with E-state index in [0.29, 0.717) is 29.0 Å². The molecule has 1 aliphatic heterocycles. The number of sulfone groups is 1. The predicted molar refractivity (Wildman–Crippen MR) is 152 cm³/mol. The van der Waals surface area contributed by atoms with Gasteiger partial charge in [0.05, 0.1) is 9.79 Å². The molecule has 3 aromatic carbocycles. The summed E-state index contributed by atoms with van der Waals surface area (Å²) in [6, 6.07) is 19.8. The van der Waals surface area contributed by atoms with Crippen molar-refractivity contribution >= 4 is 43.2 Å². The molecule has 11 heteroatoms. The molecule has 0 fully saturated rings. The molecule has 204 valence electrons. The van der Waals surface area contributed by atoms with Crippen molar-refractivity contribution in [2.24, 2.45) is 4.99 Å². The van der Waals surface area contributed by atoms with Gasteiger partial charge < -0.3 is 5.32 Å². The molecule has 0 saturated carbocycles. The fourth-order valence-corrected chi connectivity index (χ4v) is 6.69. The van der Waals surface area contributed by atoms with Gasteiger partial charge in [-0.2, -0.15) is 0 Å². The maximum absolute atomic E-state index is 13.6. The number of carbonyl (C=O) groups excluding carboxylic acids is 1. The Morgan fingerprint density at radius 1 is 1.03 bits per heavy atom. The van der Waals surface area contributed by atoms with E-state index < -0.39 is 37.9 Å². The van der Waals surface area contributed by atoms with E-state index in [1.165, 1.54) is 24.3 Å². The van der Waals surface area contributed by atoms with Crippen molar-refractivity contribution in [3.8, 4) is 0 Å². The summed E-state index contributed by atoms with van der Waals surface area (Å²) in [7, 11) is -7.51. The molecule has 8 nitrogen and oxygen atoms in total. The number of amidine groups is 1. The van der Waals surface area contributed by atoms with Gasteiger partial charge in [-0.15, -0.1) is 0 Å². The van der Waals surface area contributed by atoms with Crippen LogP contribution in [0.1, 0.15) is 30.9 Å². The van der Waals surface area contributed by atoms with Crippen LogP contribution < -0.4 is 10.0 Å². The molecule has 0 radical (unpaired) electrons. The monoisotopic (exact) mass is 585 g/mol. The normalized spacial score (nSPS) is 16.9. The molecular weight excluding hydrogens is 558 g/mol. The second-order valence-corrected chi connectivity index (χ2v) is 12.9. The first-order chi connectivity index (χ1) is 18.6. The predicted octanol–water partition coefficient (Wildman–Crippen LogP) is 4.26. The van der Waals surface area contributed by atoms with E-state index >= 15 is 0 Å². The third-order valence-electron chi connectivity index (χ3n) is 6.11. The van der Waals surface area contributed by atoms with Gasteiger partial charge in [0.1, 0.15) is 11.9 Å². The van der Waals surface area contributed by atoms with Crippen LogP contribution in [0.4, 0.5) is 0 Å². The number of hydrogen-bond acceptors (Lipinski definition) is 6. The van der Waals surface area contributed by atoms with E-state index in [0.717, 1.165) is 5.41 Å². The Hall–Kier alpha value is -3.47. The molecule has 1 amide bonds. The Balaban J connectivity index is 1.65. The van der Waals surface area contributed by atoms with Crippen LogP contribution in [0.3, 0.4) is 0 Å². The largest absolute Gasteiger partial charge is 0.348 e. The van der Waals surface area contributed by atoms with Gasteiger partial charge in [-0.05, 0) is 42.3 Å². The van der Waals surface area contributed by atoms with Crippen LogP contribution in [-0.4, -0.2) is 40.7 Å². The van der Waals surface area contributed by atoms with E-state index in [4.69, 9.17) is 11.6 Å². The van der Waals surface area contributed by atoms with Crippen LogP contribution in [0.5, 0.6) is 0 Å². The summed E-state index contributed by atoms with van der Waals surface area (Å²) < 4.78 is 53.1. The van der Waals surface area contributed by atoms with E-state index in [1.807, 2.05) is 6.92 Å². The molecule has 4 rings (SSSR count). The summed E-state index contributed by atoms with van der Waals surface area (Å²) in [6.45, 7) is 1.92. The number of carbonyl (C=O) groups is 1. The Morgan fingerprint density at radius 3 is 2.41 bits per heavy atom. The Kier molecular flexibility index (Phi) is 8.89. The van der Waals surface area contributed by atoms with Gasteiger partial charge in [0.2, 0.25) is 5.91 Å². The average molecular weight is 586 g/mol. The summed E-state index contributed by atoms with van der Waals surface area (Å²) in [5.41, 5.74) is 1.03. The van der Waals surface area contributed by atoms with Crippen LogP contribution in [-0.2, 0) is 31.1 Å². The van der Waals surface area contributed by atoms with Crippen molar-refractivity contribution in [2.45, 2.75) is 48.1 Å². The summed E-state index contributed by atoms with van der Waals surface area (Å²) in [4.78, 5) is 18.3. The van der Waals surface area contributed by atoms with Gasteiger partial charge in [-0.1, -0.05) is 79.6 Å².